The van der Waals surface area contributed by atoms with E-state index < -0.39 is 5.60 Å². The van der Waals surface area contributed by atoms with Crippen molar-refractivity contribution < 1.29 is 10.2 Å². The van der Waals surface area contributed by atoms with Crippen LogP contribution in [0.2, 0.25) is 0 Å². The summed E-state index contributed by atoms with van der Waals surface area (Å²) in [6, 6.07) is 0. The van der Waals surface area contributed by atoms with Gasteiger partial charge in [0, 0.05) is 18.3 Å². The molecule has 3 rings (SSSR count). The zero-order valence-corrected chi connectivity index (χ0v) is 9.88. The number of aromatic nitrogens is 3. The highest BCUT2D eigenvalue weighted by Gasteiger charge is 2.41. The minimum absolute atomic E-state index is 0.00911. The lowest BCUT2D eigenvalue weighted by atomic mass is 9.72. The molecule has 2 heterocycles. The van der Waals surface area contributed by atoms with Crippen molar-refractivity contribution in [1.29, 1.82) is 0 Å². The molecule has 0 bridgehead atoms. The van der Waals surface area contributed by atoms with Gasteiger partial charge in [-0.1, -0.05) is 0 Å². The highest BCUT2D eigenvalue weighted by Crippen LogP contribution is 2.44. The third-order valence-electron chi connectivity index (χ3n) is 3.47. The molecule has 90 valence electrons. The number of nitrogens with zero attached hydrogens (tertiary/aromatic N) is 3. The Morgan fingerprint density at radius 2 is 2.18 bits per heavy atom. The first-order chi connectivity index (χ1) is 7.98. The van der Waals surface area contributed by atoms with Gasteiger partial charge >= 0.3 is 0 Å². The third-order valence-corrected chi connectivity index (χ3v) is 3.47. The standard InChI is InChI=1S/C12H15N3O2/c1-7-9-11(16)13-3-4-15(9)10(14-7)8-5-12(2,17)6-8/h3-4,8,17H,5-6H2,1-2H3,(H,13,16)/t8-,12+. The van der Waals surface area contributed by atoms with Crippen LogP contribution in [0, 0.1) is 6.92 Å². The van der Waals surface area contributed by atoms with Gasteiger partial charge in [-0.3, -0.25) is 4.40 Å². The maximum atomic E-state index is 9.78. The second kappa shape index (κ2) is 3.20. The molecule has 2 N–H and O–H groups in total. The van der Waals surface area contributed by atoms with E-state index >= 15 is 0 Å². The molecule has 0 amide bonds. The van der Waals surface area contributed by atoms with E-state index in [9.17, 15) is 10.2 Å². The maximum absolute atomic E-state index is 9.78. The summed E-state index contributed by atoms with van der Waals surface area (Å²) >= 11 is 0. The largest absolute Gasteiger partial charge is 0.492 e. The molecule has 0 radical (unpaired) electrons. The van der Waals surface area contributed by atoms with Crippen LogP contribution in [0.5, 0.6) is 5.88 Å². The fraction of sp³-hybridized carbons (Fsp3) is 0.500. The van der Waals surface area contributed by atoms with Crippen LogP contribution in [-0.2, 0) is 0 Å². The number of rotatable bonds is 1. The zero-order valence-electron chi connectivity index (χ0n) is 9.88. The zero-order chi connectivity index (χ0) is 12.2. The van der Waals surface area contributed by atoms with Gasteiger partial charge in [0.1, 0.15) is 11.3 Å². The van der Waals surface area contributed by atoms with Gasteiger partial charge in [-0.2, -0.15) is 0 Å². The summed E-state index contributed by atoms with van der Waals surface area (Å²) in [4.78, 5) is 8.35. The van der Waals surface area contributed by atoms with Crippen LogP contribution in [0.25, 0.3) is 5.52 Å². The Morgan fingerprint density at radius 1 is 1.47 bits per heavy atom. The van der Waals surface area contributed by atoms with Crippen LogP contribution >= 0.6 is 0 Å². The van der Waals surface area contributed by atoms with Gasteiger partial charge in [0.25, 0.3) is 0 Å². The van der Waals surface area contributed by atoms with E-state index in [-0.39, 0.29) is 11.8 Å². The summed E-state index contributed by atoms with van der Waals surface area (Å²) in [7, 11) is 0. The van der Waals surface area contributed by atoms with E-state index in [1.54, 1.807) is 12.4 Å². The number of hydrogen-bond acceptors (Lipinski definition) is 4. The Balaban J connectivity index is 2.10. The van der Waals surface area contributed by atoms with Crippen molar-refractivity contribution in [2.24, 2.45) is 0 Å². The van der Waals surface area contributed by atoms with E-state index in [0.29, 0.717) is 18.4 Å². The van der Waals surface area contributed by atoms with Crippen molar-refractivity contribution >= 4 is 5.52 Å². The van der Waals surface area contributed by atoms with E-state index in [1.165, 1.54) is 0 Å². The Bertz CT molecular complexity index is 581. The molecule has 1 fully saturated rings. The normalized spacial score (nSPS) is 28.3. The monoisotopic (exact) mass is 233 g/mol. The lowest BCUT2D eigenvalue weighted by Crippen LogP contribution is -2.40. The summed E-state index contributed by atoms with van der Waals surface area (Å²) in [5, 5.41) is 19.5. The molecule has 2 aromatic heterocycles. The van der Waals surface area contributed by atoms with Crippen LogP contribution < -0.4 is 0 Å². The van der Waals surface area contributed by atoms with E-state index in [4.69, 9.17) is 0 Å². The first-order valence-electron chi connectivity index (χ1n) is 5.73. The smallest absolute Gasteiger partial charge is 0.237 e. The van der Waals surface area contributed by atoms with Crippen molar-refractivity contribution in [2.75, 3.05) is 0 Å². The first kappa shape index (κ1) is 10.5. The molecule has 0 atom stereocenters. The van der Waals surface area contributed by atoms with Crippen molar-refractivity contribution in [2.45, 2.75) is 38.2 Å². The lowest BCUT2D eigenvalue weighted by Gasteiger charge is -2.40. The van der Waals surface area contributed by atoms with Crippen molar-refractivity contribution in [3.05, 3.63) is 23.9 Å². The molecule has 5 heteroatoms. The molecule has 1 aliphatic rings. The van der Waals surface area contributed by atoms with Crippen molar-refractivity contribution in [3.63, 3.8) is 0 Å². The SMILES string of the molecule is Cc1nc([C@H]2C[C@@](C)(O)C2)n2ccnc(O)c12. The highest BCUT2D eigenvalue weighted by atomic mass is 16.3. The van der Waals surface area contributed by atoms with Gasteiger partial charge in [0.15, 0.2) is 0 Å². The van der Waals surface area contributed by atoms with Crippen LogP contribution in [0.1, 0.15) is 37.2 Å². The predicted molar refractivity (Wildman–Crippen MR) is 62.0 cm³/mol. The van der Waals surface area contributed by atoms with Gasteiger partial charge in [0.2, 0.25) is 5.88 Å². The van der Waals surface area contributed by atoms with Gasteiger partial charge < -0.3 is 10.2 Å². The average molecular weight is 233 g/mol. The third kappa shape index (κ3) is 1.50. The summed E-state index contributed by atoms with van der Waals surface area (Å²) in [6.45, 7) is 3.70. The Labute approximate surface area is 98.8 Å². The second-order valence-corrected chi connectivity index (χ2v) is 5.13. The molecule has 0 aromatic carbocycles. The molecule has 1 saturated carbocycles. The quantitative estimate of drug-likeness (QED) is 0.780. The fourth-order valence-electron chi connectivity index (χ4n) is 2.69. The van der Waals surface area contributed by atoms with Crippen molar-refractivity contribution in [3.8, 4) is 5.88 Å². The molecule has 1 aliphatic carbocycles. The molecule has 0 saturated heterocycles. The molecule has 0 spiro atoms. The predicted octanol–water partition coefficient (Wildman–Crippen LogP) is 1.37. The Hall–Kier alpha value is -1.62. The molecular weight excluding hydrogens is 218 g/mol. The van der Waals surface area contributed by atoms with Gasteiger partial charge in [-0.25, -0.2) is 9.97 Å². The maximum Gasteiger partial charge on any atom is 0.237 e. The minimum Gasteiger partial charge on any atom is -0.492 e. The molecule has 0 aliphatic heterocycles. The van der Waals surface area contributed by atoms with E-state index in [1.807, 2.05) is 18.2 Å². The molecule has 17 heavy (non-hydrogen) atoms. The average Bonchev–Trinajstić information content (AvgIpc) is 2.54. The Kier molecular flexibility index (Phi) is 1.98. The number of imidazole rings is 1. The van der Waals surface area contributed by atoms with E-state index in [0.717, 1.165) is 11.5 Å². The second-order valence-electron chi connectivity index (χ2n) is 5.13. The van der Waals surface area contributed by atoms with E-state index in [2.05, 4.69) is 9.97 Å². The van der Waals surface area contributed by atoms with Gasteiger partial charge in [0.05, 0.1) is 11.3 Å². The molecule has 5 nitrogen and oxygen atoms in total. The van der Waals surface area contributed by atoms with Gasteiger partial charge in [-0.15, -0.1) is 0 Å². The summed E-state index contributed by atoms with van der Waals surface area (Å²) in [6.07, 6.45) is 4.80. The first-order valence-corrected chi connectivity index (χ1v) is 5.73. The summed E-state index contributed by atoms with van der Waals surface area (Å²) in [5.41, 5.74) is 0.866. The Morgan fingerprint density at radius 3 is 2.82 bits per heavy atom. The van der Waals surface area contributed by atoms with Crippen molar-refractivity contribution in [1.82, 2.24) is 14.4 Å². The fourth-order valence-corrected chi connectivity index (χ4v) is 2.69. The summed E-state index contributed by atoms with van der Waals surface area (Å²) < 4.78 is 1.87. The molecular formula is C12H15N3O2. The van der Waals surface area contributed by atoms with Gasteiger partial charge in [-0.05, 0) is 26.7 Å². The molecule has 0 unspecified atom stereocenters. The highest BCUT2D eigenvalue weighted by molar-refractivity contribution is 5.60. The number of hydrogen-bond donors (Lipinski definition) is 2. The minimum atomic E-state index is -0.570. The van der Waals surface area contributed by atoms with Crippen LogP contribution in [0.15, 0.2) is 12.4 Å². The van der Waals surface area contributed by atoms with Crippen LogP contribution in [0.3, 0.4) is 0 Å². The number of aliphatic hydroxyl groups is 1. The number of fused-ring (bicyclic) bond motifs is 1. The lowest BCUT2D eigenvalue weighted by molar-refractivity contribution is -0.0335. The molecule has 2 aromatic rings. The number of aryl methyl sites for hydroxylation is 1. The number of aromatic hydroxyl groups is 1. The topological polar surface area (TPSA) is 70.7 Å². The summed E-state index contributed by atoms with van der Waals surface area (Å²) in [5.74, 6) is 1.17. The van der Waals surface area contributed by atoms with Crippen LogP contribution in [0.4, 0.5) is 0 Å². The van der Waals surface area contributed by atoms with Crippen LogP contribution in [-0.4, -0.2) is 30.2 Å².